The molecular weight excluding hydrogens is 380 g/mol. The van der Waals surface area contributed by atoms with Crippen LogP contribution in [0.15, 0.2) is 45.3 Å². The molecule has 1 aromatic heterocycles. The van der Waals surface area contributed by atoms with E-state index in [4.69, 9.17) is 20.8 Å². The van der Waals surface area contributed by atoms with Crippen molar-refractivity contribution < 1.29 is 13.9 Å². The van der Waals surface area contributed by atoms with Crippen molar-refractivity contribution in [3.8, 4) is 0 Å². The van der Waals surface area contributed by atoms with Gasteiger partial charge >= 0.3 is 5.97 Å². The average Bonchev–Trinajstić information content (AvgIpc) is 2.84. The second kappa shape index (κ2) is 6.38. The minimum absolute atomic E-state index is 0.363. The minimum atomic E-state index is -0.363. The molecule has 0 saturated heterocycles. The second-order valence-electron chi connectivity index (χ2n) is 5.25. The Labute approximate surface area is 147 Å². The number of benzene rings is 2. The summed E-state index contributed by atoms with van der Waals surface area (Å²) in [4.78, 5) is 11.7. The zero-order valence-electron chi connectivity index (χ0n) is 12.7. The number of rotatable bonds is 3. The maximum Gasteiger partial charge on any atom is 0.337 e. The molecule has 0 aliphatic rings. The van der Waals surface area contributed by atoms with Gasteiger partial charge in [0.1, 0.15) is 11.3 Å². The van der Waals surface area contributed by atoms with Crippen molar-refractivity contribution in [1.82, 2.24) is 0 Å². The van der Waals surface area contributed by atoms with Crippen LogP contribution in [-0.2, 0) is 11.2 Å². The van der Waals surface area contributed by atoms with Crippen LogP contribution in [0.3, 0.4) is 0 Å². The van der Waals surface area contributed by atoms with Crippen molar-refractivity contribution in [2.24, 2.45) is 0 Å². The van der Waals surface area contributed by atoms with Crippen molar-refractivity contribution in [2.45, 2.75) is 13.3 Å². The van der Waals surface area contributed by atoms with E-state index >= 15 is 0 Å². The summed E-state index contributed by atoms with van der Waals surface area (Å²) in [6, 6.07) is 11.1. The van der Waals surface area contributed by atoms with Crippen LogP contribution in [0.2, 0.25) is 5.02 Å². The number of esters is 1. The summed E-state index contributed by atoms with van der Waals surface area (Å²) in [7, 11) is 1.37. The highest BCUT2D eigenvalue weighted by Gasteiger charge is 2.15. The summed E-state index contributed by atoms with van der Waals surface area (Å²) < 4.78 is 11.5. The minimum Gasteiger partial charge on any atom is -0.465 e. The molecule has 1 heterocycles. The zero-order chi connectivity index (χ0) is 16.6. The quantitative estimate of drug-likeness (QED) is 0.549. The number of ether oxygens (including phenoxy) is 1. The number of carbonyl (C=O) groups excluding carboxylic acids is 1. The summed E-state index contributed by atoms with van der Waals surface area (Å²) in [5, 5.41) is 1.60. The molecule has 0 amide bonds. The molecule has 0 fully saturated rings. The Hall–Kier alpha value is -1.78. The molecule has 3 rings (SSSR count). The number of halogens is 2. The highest BCUT2D eigenvalue weighted by molar-refractivity contribution is 9.10. The Kier molecular flexibility index (Phi) is 4.46. The van der Waals surface area contributed by atoms with Gasteiger partial charge in [0.2, 0.25) is 0 Å². The van der Waals surface area contributed by atoms with Crippen molar-refractivity contribution in [3.63, 3.8) is 0 Å². The third kappa shape index (κ3) is 3.14. The molecule has 0 aliphatic carbocycles. The monoisotopic (exact) mass is 392 g/mol. The molecule has 2 aromatic carbocycles. The highest BCUT2D eigenvalue weighted by Crippen LogP contribution is 2.31. The molecule has 0 aliphatic heterocycles. The SMILES string of the molecule is COC(=O)c1ccc2oc(C)c(Cc3ccc(Br)cc3Cl)c2c1. The van der Waals surface area contributed by atoms with Crippen LogP contribution in [-0.4, -0.2) is 13.1 Å². The van der Waals surface area contributed by atoms with Gasteiger partial charge in [-0.2, -0.15) is 0 Å². The van der Waals surface area contributed by atoms with Gasteiger partial charge in [-0.05, 0) is 42.8 Å². The van der Waals surface area contributed by atoms with E-state index in [1.165, 1.54) is 7.11 Å². The van der Waals surface area contributed by atoms with Crippen LogP contribution in [0.1, 0.15) is 27.2 Å². The highest BCUT2D eigenvalue weighted by atomic mass is 79.9. The van der Waals surface area contributed by atoms with E-state index in [2.05, 4.69) is 15.9 Å². The van der Waals surface area contributed by atoms with Crippen LogP contribution in [0, 0.1) is 6.92 Å². The van der Waals surface area contributed by atoms with Crippen molar-refractivity contribution in [1.29, 1.82) is 0 Å². The largest absolute Gasteiger partial charge is 0.465 e. The molecular formula is C18H14BrClO3. The lowest BCUT2D eigenvalue weighted by molar-refractivity contribution is 0.0601. The van der Waals surface area contributed by atoms with Crippen LogP contribution in [0.5, 0.6) is 0 Å². The smallest absolute Gasteiger partial charge is 0.337 e. The Morgan fingerprint density at radius 2 is 2.04 bits per heavy atom. The van der Waals surface area contributed by atoms with Gasteiger partial charge in [-0.25, -0.2) is 4.79 Å². The fraction of sp³-hybridized carbons (Fsp3) is 0.167. The zero-order valence-corrected chi connectivity index (χ0v) is 15.0. The van der Waals surface area contributed by atoms with E-state index in [0.717, 1.165) is 32.3 Å². The number of aryl methyl sites for hydroxylation is 1. The number of carbonyl (C=O) groups is 1. The van der Waals surface area contributed by atoms with E-state index in [9.17, 15) is 4.79 Å². The van der Waals surface area contributed by atoms with Crippen LogP contribution >= 0.6 is 27.5 Å². The molecule has 0 unspecified atom stereocenters. The third-order valence-electron chi connectivity index (χ3n) is 3.80. The predicted octanol–water partition coefficient (Wildman–Crippen LogP) is 5.53. The average molecular weight is 394 g/mol. The molecule has 0 saturated carbocycles. The van der Waals surface area contributed by atoms with Crippen LogP contribution in [0.4, 0.5) is 0 Å². The first-order valence-electron chi connectivity index (χ1n) is 7.04. The van der Waals surface area contributed by atoms with Gasteiger partial charge < -0.3 is 9.15 Å². The number of furan rings is 1. The molecule has 3 aromatic rings. The molecule has 5 heteroatoms. The summed E-state index contributed by atoms with van der Waals surface area (Å²) >= 11 is 9.73. The van der Waals surface area contributed by atoms with Crippen molar-refractivity contribution in [3.05, 3.63) is 68.3 Å². The fourth-order valence-electron chi connectivity index (χ4n) is 2.59. The standard InChI is InChI=1S/C18H14BrClO3/c1-10-14(7-11-3-5-13(19)9-16(11)20)15-8-12(18(21)22-2)4-6-17(15)23-10/h3-6,8-9H,7H2,1-2H3. The Balaban J connectivity index is 2.08. The molecule has 23 heavy (non-hydrogen) atoms. The van der Waals surface area contributed by atoms with E-state index < -0.39 is 0 Å². The van der Waals surface area contributed by atoms with Crippen molar-refractivity contribution in [2.75, 3.05) is 7.11 Å². The maximum atomic E-state index is 11.7. The first kappa shape index (κ1) is 16.1. The topological polar surface area (TPSA) is 39.4 Å². The first-order valence-corrected chi connectivity index (χ1v) is 8.21. The molecule has 118 valence electrons. The number of hydrogen-bond donors (Lipinski definition) is 0. The summed E-state index contributed by atoms with van der Waals surface area (Å²) in [6.45, 7) is 1.92. The van der Waals surface area contributed by atoms with Gasteiger partial charge in [-0.15, -0.1) is 0 Å². The van der Waals surface area contributed by atoms with E-state index in [0.29, 0.717) is 17.0 Å². The van der Waals surface area contributed by atoms with Gasteiger partial charge in [0.15, 0.2) is 0 Å². The predicted molar refractivity (Wildman–Crippen MR) is 94.2 cm³/mol. The first-order chi connectivity index (χ1) is 11.0. The second-order valence-corrected chi connectivity index (χ2v) is 6.57. The third-order valence-corrected chi connectivity index (χ3v) is 4.64. The summed E-state index contributed by atoms with van der Waals surface area (Å²) in [5.74, 6) is 0.458. The fourth-order valence-corrected chi connectivity index (χ4v) is 3.33. The Morgan fingerprint density at radius 1 is 1.26 bits per heavy atom. The van der Waals surface area contributed by atoms with E-state index in [-0.39, 0.29) is 5.97 Å². The molecule has 0 N–H and O–H groups in total. The molecule has 3 nitrogen and oxygen atoms in total. The normalized spacial score (nSPS) is 11.0. The Morgan fingerprint density at radius 3 is 2.74 bits per heavy atom. The van der Waals surface area contributed by atoms with E-state index in [1.807, 2.05) is 25.1 Å². The van der Waals surface area contributed by atoms with Gasteiger partial charge in [0, 0.05) is 26.9 Å². The number of hydrogen-bond acceptors (Lipinski definition) is 3. The number of methoxy groups -OCH3 is 1. The summed E-state index contributed by atoms with van der Waals surface area (Å²) in [5.41, 5.74) is 3.28. The number of fused-ring (bicyclic) bond motifs is 1. The van der Waals surface area contributed by atoms with Crippen LogP contribution in [0.25, 0.3) is 11.0 Å². The lowest BCUT2D eigenvalue weighted by atomic mass is 10.0. The van der Waals surface area contributed by atoms with Gasteiger partial charge in [0.05, 0.1) is 12.7 Å². The maximum absolute atomic E-state index is 11.7. The lowest BCUT2D eigenvalue weighted by Gasteiger charge is -2.05. The van der Waals surface area contributed by atoms with E-state index in [1.54, 1.807) is 18.2 Å². The summed E-state index contributed by atoms with van der Waals surface area (Å²) in [6.07, 6.45) is 0.634. The van der Waals surface area contributed by atoms with Gasteiger partial charge in [-0.1, -0.05) is 33.6 Å². The van der Waals surface area contributed by atoms with Crippen LogP contribution < -0.4 is 0 Å². The molecule has 0 atom stereocenters. The molecule has 0 radical (unpaired) electrons. The van der Waals surface area contributed by atoms with Gasteiger partial charge in [0.25, 0.3) is 0 Å². The Bertz CT molecular complexity index is 899. The van der Waals surface area contributed by atoms with Gasteiger partial charge in [-0.3, -0.25) is 0 Å². The lowest BCUT2D eigenvalue weighted by Crippen LogP contribution is -2.00. The molecule has 0 bridgehead atoms. The molecule has 0 spiro atoms. The van der Waals surface area contributed by atoms with Crippen molar-refractivity contribution >= 4 is 44.5 Å².